The molecule has 1 heterocycles. The lowest BCUT2D eigenvalue weighted by atomic mass is 10.1. The van der Waals surface area contributed by atoms with Crippen LogP contribution < -0.4 is 0 Å². The highest BCUT2D eigenvalue weighted by Gasteiger charge is 2.43. The van der Waals surface area contributed by atoms with Gasteiger partial charge in [-0.1, -0.05) is 84.9 Å². The number of rotatable bonds is 9. The first kappa shape index (κ1) is 27.8. The minimum atomic E-state index is -1.14. The van der Waals surface area contributed by atoms with Gasteiger partial charge in [-0.25, -0.2) is 14.4 Å². The van der Waals surface area contributed by atoms with E-state index in [0.717, 1.165) is 5.56 Å². The second kappa shape index (κ2) is 13.5. The Morgan fingerprint density at radius 2 is 1.15 bits per heavy atom. The standard InChI is InChI=1S/C33H28O8/c34-30(23-13-5-1-6-14-23)37-21-27(39-31(35)24-15-7-2-8-16-24)29-28(40-32(36)25-17-9-3-10-18-25)22-38-33(41-29)26-19-11-4-12-20-26/h1-20,27-29,33H,21-22H2/t27-,28+,29-,33-/m0/s1. The molecule has 8 heteroatoms. The molecule has 0 saturated carbocycles. The molecular formula is C33H28O8. The number of carbonyl (C=O) groups is 3. The van der Waals surface area contributed by atoms with E-state index in [9.17, 15) is 14.4 Å². The molecule has 4 aromatic carbocycles. The van der Waals surface area contributed by atoms with Crippen LogP contribution in [0.3, 0.4) is 0 Å². The second-order valence-corrected chi connectivity index (χ2v) is 9.26. The van der Waals surface area contributed by atoms with E-state index in [0.29, 0.717) is 16.7 Å². The van der Waals surface area contributed by atoms with E-state index < -0.39 is 42.5 Å². The number of esters is 3. The molecule has 5 rings (SSSR count). The highest BCUT2D eigenvalue weighted by Crippen LogP contribution is 2.31. The van der Waals surface area contributed by atoms with Gasteiger partial charge in [0.25, 0.3) is 0 Å². The van der Waals surface area contributed by atoms with Crippen LogP contribution in [0.1, 0.15) is 42.9 Å². The molecule has 41 heavy (non-hydrogen) atoms. The van der Waals surface area contributed by atoms with Crippen molar-refractivity contribution in [1.82, 2.24) is 0 Å². The van der Waals surface area contributed by atoms with Gasteiger partial charge in [-0.2, -0.15) is 0 Å². The number of hydrogen-bond acceptors (Lipinski definition) is 8. The van der Waals surface area contributed by atoms with Gasteiger partial charge in [-0.15, -0.1) is 0 Å². The molecule has 1 fully saturated rings. The van der Waals surface area contributed by atoms with Crippen LogP contribution in [0.2, 0.25) is 0 Å². The maximum atomic E-state index is 13.2. The first-order valence-corrected chi connectivity index (χ1v) is 13.1. The van der Waals surface area contributed by atoms with E-state index in [2.05, 4.69) is 0 Å². The fourth-order valence-electron chi connectivity index (χ4n) is 4.33. The highest BCUT2D eigenvalue weighted by molar-refractivity contribution is 5.90. The first-order chi connectivity index (χ1) is 20.1. The van der Waals surface area contributed by atoms with Crippen LogP contribution in [0, 0.1) is 0 Å². The maximum absolute atomic E-state index is 13.2. The average molecular weight is 553 g/mol. The Kier molecular flexibility index (Phi) is 9.15. The monoisotopic (exact) mass is 552 g/mol. The lowest BCUT2D eigenvalue weighted by Gasteiger charge is -2.39. The summed E-state index contributed by atoms with van der Waals surface area (Å²) in [5, 5.41) is 0. The third kappa shape index (κ3) is 7.25. The number of hydrogen-bond donors (Lipinski definition) is 0. The van der Waals surface area contributed by atoms with Gasteiger partial charge in [-0.05, 0) is 36.4 Å². The van der Waals surface area contributed by atoms with Crippen LogP contribution >= 0.6 is 0 Å². The first-order valence-electron chi connectivity index (χ1n) is 13.1. The number of benzene rings is 4. The molecule has 208 valence electrons. The van der Waals surface area contributed by atoms with Crippen molar-refractivity contribution in [2.45, 2.75) is 24.6 Å². The van der Waals surface area contributed by atoms with Crippen molar-refractivity contribution in [3.8, 4) is 0 Å². The van der Waals surface area contributed by atoms with Crippen LogP contribution in [-0.2, 0) is 23.7 Å². The number of ether oxygens (including phenoxy) is 5. The largest absolute Gasteiger partial charge is 0.458 e. The van der Waals surface area contributed by atoms with Crippen molar-refractivity contribution < 1.29 is 38.1 Å². The predicted molar refractivity (Wildman–Crippen MR) is 148 cm³/mol. The molecule has 4 aromatic rings. The predicted octanol–water partition coefficient (Wildman–Crippen LogP) is 5.41. The van der Waals surface area contributed by atoms with Crippen LogP contribution in [0.15, 0.2) is 121 Å². The molecule has 1 saturated heterocycles. The van der Waals surface area contributed by atoms with E-state index in [1.54, 1.807) is 91.0 Å². The Morgan fingerprint density at radius 1 is 0.659 bits per heavy atom. The molecule has 8 nitrogen and oxygen atoms in total. The zero-order valence-corrected chi connectivity index (χ0v) is 22.0. The zero-order valence-electron chi connectivity index (χ0n) is 22.0. The van der Waals surface area contributed by atoms with Crippen molar-refractivity contribution in [2.24, 2.45) is 0 Å². The van der Waals surface area contributed by atoms with Crippen LogP contribution in [-0.4, -0.2) is 49.4 Å². The molecule has 1 aliphatic heterocycles. The van der Waals surface area contributed by atoms with E-state index in [4.69, 9.17) is 23.7 Å². The fourth-order valence-corrected chi connectivity index (χ4v) is 4.33. The molecule has 0 aromatic heterocycles. The van der Waals surface area contributed by atoms with Gasteiger partial charge in [0, 0.05) is 5.56 Å². The summed E-state index contributed by atoms with van der Waals surface area (Å²) in [4.78, 5) is 39.0. The van der Waals surface area contributed by atoms with Gasteiger partial charge in [0.15, 0.2) is 18.5 Å². The summed E-state index contributed by atoms with van der Waals surface area (Å²) in [5.41, 5.74) is 1.70. The van der Waals surface area contributed by atoms with Crippen molar-refractivity contribution in [2.75, 3.05) is 13.2 Å². The van der Waals surface area contributed by atoms with Gasteiger partial charge in [-0.3, -0.25) is 0 Å². The van der Waals surface area contributed by atoms with Gasteiger partial charge >= 0.3 is 17.9 Å². The third-order valence-electron chi connectivity index (χ3n) is 6.42. The van der Waals surface area contributed by atoms with Crippen molar-refractivity contribution in [3.63, 3.8) is 0 Å². The zero-order chi connectivity index (χ0) is 28.4. The second-order valence-electron chi connectivity index (χ2n) is 9.26. The molecular weight excluding hydrogens is 524 g/mol. The molecule has 0 bridgehead atoms. The molecule has 0 amide bonds. The quantitative estimate of drug-likeness (QED) is 0.201. The summed E-state index contributed by atoms with van der Waals surface area (Å²) in [6.07, 6.45) is -3.99. The van der Waals surface area contributed by atoms with E-state index in [1.165, 1.54) is 0 Å². The lowest BCUT2D eigenvalue weighted by molar-refractivity contribution is -0.276. The Morgan fingerprint density at radius 3 is 1.71 bits per heavy atom. The molecule has 0 aliphatic carbocycles. The van der Waals surface area contributed by atoms with Gasteiger partial charge in [0.2, 0.25) is 0 Å². The average Bonchev–Trinajstić information content (AvgIpc) is 3.04. The number of carbonyl (C=O) groups excluding carboxylic acids is 3. The smallest absolute Gasteiger partial charge is 0.338 e. The van der Waals surface area contributed by atoms with E-state index in [1.807, 2.05) is 30.3 Å². The third-order valence-corrected chi connectivity index (χ3v) is 6.42. The van der Waals surface area contributed by atoms with E-state index in [-0.39, 0.29) is 13.2 Å². The highest BCUT2D eigenvalue weighted by atomic mass is 16.7. The van der Waals surface area contributed by atoms with Gasteiger partial charge < -0.3 is 23.7 Å². The molecule has 1 aliphatic rings. The summed E-state index contributed by atoms with van der Waals surface area (Å²) >= 11 is 0. The van der Waals surface area contributed by atoms with E-state index >= 15 is 0 Å². The Bertz CT molecular complexity index is 1430. The van der Waals surface area contributed by atoms with Gasteiger partial charge in [0.1, 0.15) is 12.7 Å². The SMILES string of the molecule is O=C(OC[C@H](OC(=O)c1ccccc1)[C@@H]1O[C@@H](c2ccccc2)OC[C@H]1OC(=O)c1ccccc1)c1ccccc1. The topological polar surface area (TPSA) is 97.4 Å². The summed E-state index contributed by atoms with van der Waals surface area (Å²) in [7, 11) is 0. The van der Waals surface area contributed by atoms with Gasteiger partial charge in [0.05, 0.1) is 23.3 Å². The maximum Gasteiger partial charge on any atom is 0.338 e. The Balaban J connectivity index is 1.43. The molecule has 0 radical (unpaired) electrons. The van der Waals surface area contributed by atoms with Crippen molar-refractivity contribution >= 4 is 17.9 Å². The summed E-state index contributed by atoms with van der Waals surface area (Å²) < 4.78 is 29.5. The van der Waals surface area contributed by atoms with Crippen molar-refractivity contribution in [3.05, 3.63) is 144 Å². The van der Waals surface area contributed by atoms with Crippen molar-refractivity contribution in [1.29, 1.82) is 0 Å². The Hall–Kier alpha value is -4.79. The molecule has 0 spiro atoms. The van der Waals surface area contributed by atoms with Crippen LogP contribution in [0.25, 0.3) is 0 Å². The fraction of sp³-hybridized carbons (Fsp3) is 0.182. The summed E-state index contributed by atoms with van der Waals surface area (Å²) in [6, 6.07) is 34.6. The summed E-state index contributed by atoms with van der Waals surface area (Å²) in [6.45, 7) is -0.396. The normalized spacial score (nSPS) is 19.0. The minimum absolute atomic E-state index is 0.0468. The molecule has 4 atom stereocenters. The Labute approximate surface area is 237 Å². The molecule has 0 unspecified atom stereocenters. The minimum Gasteiger partial charge on any atom is -0.458 e. The molecule has 0 N–H and O–H groups in total. The summed E-state index contributed by atoms with van der Waals surface area (Å²) in [5.74, 6) is -1.85. The lowest BCUT2D eigenvalue weighted by Crippen LogP contribution is -2.52. The van der Waals surface area contributed by atoms with Crippen LogP contribution in [0.4, 0.5) is 0 Å². The van der Waals surface area contributed by atoms with Crippen LogP contribution in [0.5, 0.6) is 0 Å².